The molecule has 158 valence electrons. The number of piperidine rings is 1. The molecule has 2 aliphatic heterocycles. The predicted octanol–water partition coefficient (Wildman–Crippen LogP) is 2.75. The number of benzene rings is 1. The van der Waals surface area contributed by atoms with Crippen molar-refractivity contribution in [2.45, 2.75) is 58.5 Å². The lowest BCUT2D eigenvalue weighted by atomic mass is 9.94. The zero-order valence-corrected chi connectivity index (χ0v) is 18.0. The van der Waals surface area contributed by atoms with Crippen molar-refractivity contribution < 1.29 is 14.4 Å². The minimum atomic E-state index is -0.259. The fourth-order valence-corrected chi connectivity index (χ4v) is 4.30. The van der Waals surface area contributed by atoms with E-state index in [-0.39, 0.29) is 41.1 Å². The van der Waals surface area contributed by atoms with Crippen molar-refractivity contribution in [1.82, 2.24) is 15.1 Å². The Kier molecular flexibility index (Phi) is 6.30. The molecule has 6 heteroatoms. The number of carbonyl (C=O) groups excluding carboxylic acids is 3. The van der Waals surface area contributed by atoms with E-state index in [4.69, 9.17) is 0 Å². The Labute approximate surface area is 173 Å². The number of likely N-dealkylation sites (tertiary alicyclic amines) is 2. The summed E-state index contributed by atoms with van der Waals surface area (Å²) in [5.74, 6) is -0.156. The first-order chi connectivity index (χ1) is 13.7. The van der Waals surface area contributed by atoms with Crippen LogP contribution in [0.1, 0.15) is 58.6 Å². The topological polar surface area (TPSA) is 69.7 Å². The van der Waals surface area contributed by atoms with Gasteiger partial charge in [-0.1, -0.05) is 30.3 Å². The molecule has 0 spiro atoms. The molecule has 2 aliphatic rings. The van der Waals surface area contributed by atoms with Crippen LogP contribution < -0.4 is 5.32 Å². The maximum absolute atomic E-state index is 12.9. The van der Waals surface area contributed by atoms with Crippen LogP contribution >= 0.6 is 0 Å². The lowest BCUT2D eigenvalue weighted by Crippen LogP contribution is -2.46. The lowest BCUT2D eigenvalue weighted by molar-refractivity contribution is -0.139. The largest absolute Gasteiger partial charge is 0.349 e. The minimum absolute atomic E-state index is 0.0313. The third-order valence-corrected chi connectivity index (χ3v) is 6.12. The summed E-state index contributed by atoms with van der Waals surface area (Å²) in [6.07, 6.45) is 1.64. The fourth-order valence-electron chi connectivity index (χ4n) is 4.30. The summed E-state index contributed by atoms with van der Waals surface area (Å²) in [4.78, 5) is 41.5. The van der Waals surface area contributed by atoms with Gasteiger partial charge in [0.25, 0.3) is 0 Å². The molecule has 3 rings (SSSR count). The van der Waals surface area contributed by atoms with Crippen LogP contribution in [0.2, 0.25) is 0 Å². The molecule has 1 N–H and O–H groups in total. The van der Waals surface area contributed by atoms with Gasteiger partial charge in [-0.3, -0.25) is 14.4 Å². The second-order valence-electron chi connectivity index (χ2n) is 9.32. The summed E-state index contributed by atoms with van der Waals surface area (Å²) in [7, 11) is 0. The van der Waals surface area contributed by atoms with Crippen LogP contribution in [0, 0.1) is 11.8 Å². The van der Waals surface area contributed by atoms with Crippen LogP contribution in [-0.2, 0) is 14.4 Å². The van der Waals surface area contributed by atoms with Gasteiger partial charge in [-0.05, 0) is 46.1 Å². The molecule has 0 bridgehead atoms. The van der Waals surface area contributed by atoms with E-state index >= 15 is 0 Å². The van der Waals surface area contributed by atoms with Crippen LogP contribution in [0.25, 0.3) is 0 Å². The molecule has 0 saturated carbocycles. The molecule has 6 nitrogen and oxygen atoms in total. The van der Waals surface area contributed by atoms with E-state index in [0.29, 0.717) is 38.9 Å². The predicted molar refractivity (Wildman–Crippen MR) is 112 cm³/mol. The Balaban J connectivity index is 1.49. The van der Waals surface area contributed by atoms with Crippen molar-refractivity contribution in [1.29, 1.82) is 0 Å². The van der Waals surface area contributed by atoms with Gasteiger partial charge >= 0.3 is 0 Å². The maximum atomic E-state index is 12.9. The molecule has 2 atom stereocenters. The van der Waals surface area contributed by atoms with Gasteiger partial charge in [0.1, 0.15) is 0 Å². The van der Waals surface area contributed by atoms with Crippen LogP contribution in [0.4, 0.5) is 0 Å². The average molecular weight is 400 g/mol. The van der Waals surface area contributed by atoms with Crippen molar-refractivity contribution in [3.63, 3.8) is 0 Å². The first-order valence-corrected chi connectivity index (χ1v) is 10.6. The number of carbonyl (C=O) groups is 3. The molecule has 2 fully saturated rings. The quantitative estimate of drug-likeness (QED) is 0.846. The van der Waals surface area contributed by atoms with E-state index in [1.54, 1.807) is 4.90 Å². The van der Waals surface area contributed by atoms with Crippen molar-refractivity contribution in [2.75, 3.05) is 19.6 Å². The minimum Gasteiger partial charge on any atom is -0.349 e. The molecule has 0 unspecified atom stereocenters. The molecular weight excluding hydrogens is 366 g/mol. The van der Waals surface area contributed by atoms with Gasteiger partial charge in [-0.15, -0.1) is 0 Å². The summed E-state index contributed by atoms with van der Waals surface area (Å²) in [6, 6.07) is 9.89. The van der Waals surface area contributed by atoms with E-state index in [2.05, 4.69) is 5.32 Å². The Morgan fingerprint density at radius 3 is 2.24 bits per heavy atom. The SMILES string of the molecule is C[C@H](NC(=O)C1CCN(C(=O)[C@H]2CC(=O)N(C(C)(C)C)C2)CC1)c1ccccc1. The van der Waals surface area contributed by atoms with Crippen molar-refractivity contribution in [3.8, 4) is 0 Å². The Bertz CT molecular complexity index is 748. The van der Waals surface area contributed by atoms with Crippen LogP contribution in [-0.4, -0.2) is 52.7 Å². The normalized spacial score (nSPS) is 21.9. The third-order valence-electron chi connectivity index (χ3n) is 6.12. The fraction of sp³-hybridized carbons (Fsp3) is 0.609. The molecule has 29 heavy (non-hydrogen) atoms. The second-order valence-corrected chi connectivity index (χ2v) is 9.32. The number of hydrogen-bond acceptors (Lipinski definition) is 3. The van der Waals surface area contributed by atoms with Crippen LogP contribution in [0.15, 0.2) is 30.3 Å². The standard InChI is InChI=1S/C23H33N3O3/c1-16(17-8-6-5-7-9-17)24-21(28)18-10-12-25(13-11-18)22(29)19-14-20(27)26(15-19)23(2,3)4/h5-9,16,18-19H,10-15H2,1-4H3,(H,24,28)/t16-,19-/m0/s1. The highest BCUT2D eigenvalue weighted by Gasteiger charge is 2.41. The smallest absolute Gasteiger partial charge is 0.227 e. The number of nitrogens with one attached hydrogen (secondary N) is 1. The number of hydrogen-bond donors (Lipinski definition) is 1. The highest BCUT2D eigenvalue weighted by molar-refractivity contribution is 5.90. The molecule has 0 radical (unpaired) electrons. The zero-order chi connectivity index (χ0) is 21.2. The first kappa shape index (κ1) is 21.3. The molecule has 1 aromatic rings. The molecule has 0 aliphatic carbocycles. The summed E-state index contributed by atoms with van der Waals surface area (Å²) >= 11 is 0. The molecule has 2 heterocycles. The van der Waals surface area contributed by atoms with Crippen LogP contribution in [0.5, 0.6) is 0 Å². The molecule has 1 aromatic carbocycles. The second kappa shape index (κ2) is 8.56. The molecule has 2 saturated heterocycles. The summed E-state index contributed by atoms with van der Waals surface area (Å²) in [5, 5.41) is 3.10. The third kappa shape index (κ3) is 4.98. The lowest BCUT2D eigenvalue weighted by Gasteiger charge is -2.34. The van der Waals surface area contributed by atoms with Gasteiger partial charge in [0, 0.05) is 37.5 Å². The van der Waals surface area contributed by atoms with E-state index in [1.165, 1.54) is 0 Å². The summed E-state index contributed by atoms with van der Waals surface area (Å²) < 4.78 is 0. The van der Waals surface area contributed by atoms with E-state index in [9.17, 15) is 14.4 Å². The van der Waals surface area contributed by atoms with E-state index in [0.717, 1.165) is 5.56 Å². The van der Waals surface area contributed by atoms with Gasteiger partial charge in [0.15, 0.2) is 0 Å². The average Bonchev–Trinajstić information content (AvgIpc) is 3.10. The molecular formula is C23H33N3O3. The maximum Gasteiger partial charge on any atom is 0.227 e. The van der Waals surface area contributed by atoms with Crippen LogP contribution in [0.3, 0.4) is 0 Å². The summed E-state index contributed by atoms with van der Waals surface area (Å²) in [6.45, 7) is 9.64. The number of nitrogens with zero attached hydrogens (tertiary/aromatic N) is 2. The number of amides is 3. The van der Waals surface area contributed by atoms with Crippen molar-refractivity contribution in [2.24, 2.45) is 11.8 Å². The Hall–Kier alpha value is -2.37. The Morgan fingerprint density at radius 1 is 1.07 bits per heavy atom. The van der Waals surface area contributed by atoms with Gasteiger partial charge < -0.3 is 15.1 Å². The van der Waals surface area contributed by atoms with Crippen molar-refractivity contribution in [3.05, 3.63) is 35.9 Å². The van der Waals surface area contributed by atoms with Gasteiger partial charge in [0.2, 0.25) is 17.7 Å². The van der Waals surface area contributed by atoms with Gasteiger partial charge in [-0.25, -0.2) is 0 Å². The number of rotatable bonds is 4. The van der Waals surface area contributed by atoms with Crippen molar-refractivity contribution >= 4 is 17.7 Å². The molecule has 3 amide bonds. The molecule has 0 aromatic heterocycles. The van der Waals surface area contributed by atoms with E-state index in [1.807, 2.05) is 62.9 Å². The Morgan fingerprint density at radius 2 is 1.69 bits per heavy atom. The van der Waals surface area contributed by atoms with Gasteiger partial charge in [0.05, 0.1) is 12.0 Å². The monoisotopic (exact) mass is 399 g/mol. The first-order valence-electron chi connectivity index (χ1n) is 10.6. The highest BCUT2D eigenvalue weighted by Crippen LogP contribution is 2.28. The summed E-state index contributed by atoms with van der Waals surface area (Å²) in [5.41, 5.74) is 0.829. The van der Waals surface area contributed by atoms with E-state index < -0.39 is 0 Å². The highest BCUT2D eigenvalue weighted by atomic mass is 16.2. The van der Waals surface area contributed by atoms with Gasteiger partial charge in [-0.2, -0.15) is 0 Å². The zero-order valence-electron chi connectivity index (χ0n) is 18.0.